The average Bonchev–Trinajstić information content (AvgIpc) is 3.57. The number of rotatable bonds is 13. The molecule has 1 fully saturated rings. The number of fused-ring (bicyclic) bond motifs is 1. The molecule has 0 aliphatic carbocycles. The molecule has 0 spiro atoms. The van der Waals surface area contributed by atoms with E-state index in [1.165, 1.54) is 23.2 Å². The molecular formula is C35H40BN7O7. The second-order valence-electron chi connectivity index (χ2n) is 11.9. The number of amides is 6. The first-order valence-electron chi connectivity index (χ1n) is 16.5. The molecule has 2 heterocycles. The van der Waals surface area contributed by atoms with Crippen LogP contribution in [0.2, 0.25) is 0 Å². The highest BCUT2D eigenvalue weighted by Gasteiger charge is 2.30. The summed E-state index contributed by atoms with van der Waals surface area (Å²) < 4.78 is 0. The number of piperazine rings is 1. The molecule has 1 aromatic heterocycles. The minimum atomic E-state index is -1.56. The van der Waals surface area contributed by atoms with E-state index in [1.54, 1.807) is 59.5 Å². The third-order valence-corrected chi connectivity index (χ3v) is 8.42. The smallest absolute Gasteiger partial charge is 0.423 e. The fraction of sp³-hybridized carbons (Fsp3) is 0.286. The van der Waals surface area contributed by atoms with E-state index in [0.29, 0.717) is 59.5 Å². The third kappa shape index (κ3) is 9.27. The minimum absolute atomic E-state index is 0.107. The van der Waals surface area contributed by atoms with Gasteiger partial charge < -0.3 is 46.1 Å². The number of aromatic nitrogens is 1. The van der Waals surface area contributed by atoms with Crippen LogP contribution in [0.3, 0.4) is 0 Å². The van der Waals surface area contributed by atoms with Crippen molar-refractivity contribution in [2.24, 2.45) is 0 Å². The number of unbranched alkanes of at least 4 members (excludes halogenated alkanes) is 3. The highest BCUT2D eigenvalue weighted by molar-refractivity contribution is 6.58. The van der Waals surface area contributed by atoms with Crippen molar-refractivity contribution in [2.75, 3.05) is 49.9 Å². The van der Waals surface area contributed by atoms with Crippen LogP contribution < -0.4 is 26.7 Å². The van der Waals surface area contributed by atoms with Gasteiger partial charge in [-0.1, -0.05) is 55.3 Å². The Morgan fingerprint density at radius 3 is 1.96 bits per heavy atom. The molecule has 5 rings (SSSR count). The average molecular weight is 682 g/mol. The van der Waals surface area contributed by atoms with E-state index in [9.17, 15) is 24.0 Å². The number of carbonyl (C=O) groups is 5. The topological polar surface area (TPSA) is 196 Å². The lowest BCUT2D eigenvalue weighted by Gasteiger charge is -2.34. The number of hydrogen-bond acceptors (Lipinski definition) is 7. The van der Waals surface area contributed by atoms with Gasteiger partial charge >= 0.3 is 19.2 Å². The quantitative estimate of drug-likeness (QED) is 0.0487. The van der Waals surface area contributed by atoms with Gasteiger partial charge in [-0.2, -0.15) is 0 Å². The molecule has 1 saturated heterocycles. The van der Waals surface area contributed by atoms with Crippen LogP contribution in [0.5, 0.6) is 0 Å². The molecular weight excluding hydrogens is 641 g/mol. The number of para-hydroxylation sites is 1. The third-order valence-electron chi connectivity index (χ3n) is 8.42. The van der Waals surface area contributed by atoms with Gasteiger partial charge in [-0.25, -0.2) is 9.59 Å². The summed E-state index contributed by atoms with van der Waals surface area (Å²) >= 11 is 0. The molecule has 50 heavy (non-hydrogen) atoms. The molecule has 6 amide bonds. The van der Waals surface area contributed by atoms with E-state index in [2.05, 4.69) is 26.3 Å². The summed E-state index contributed by atoms with van der Waals surface area (Å²) in [7, 11) is -1.56. The van der Waals surface area contributed by atoms with Crippen LogP contribution in [0.1, 0.15) is 46.4 Å². The number of anilines is 2. The van der Waals surface area contributed by atoms with Gasteiger partial charge in [0.25, 0.3) is 17.6 Å². The molecule has 3 aromatic carbocycles. The standard InChI is InChI=1S/C35H40BN7O7/c44-31(33(46)43-21-19-42(20-22-43)32(45)24-9-4-3-5-10-24)28-23-39-30-27(28)11-8-12-29(30)41-35(48)38-18-7-2-1-6-17-37-34(47)40-26-15-13-25(14-16-26)36(49)50/h3-5,8-16,23,39,49-50H,1-2,6-7,17-22H2,(H2,37,40,47)(H2,38,41,48). The Kier molecular flexibility index (Phi) is 12.2. The number of benzene rings is 3. The number of aromatic amines is 1. The maximum absolute atomic E-state index is 13.3. The molecule has 0 bridgehead atoms. The van der Waals surface area contributed by atoms with Crippen molar-refractivity contribution in [2.45, 2.75) is 25.7 Å². The normalized spacial score (nSPS) is 12.7. The van der Waals surface area contributed by atoms with Crippen molar-refractivity contribution >= 4 is 64.5 Å². The highest BCUT2D eigenvalue weighted by Crippen LogP contribution is 2.26. The second-order valence-corrected chi connectivity index (χ2v) is 11.9. The molecule has 0 atom stereocenters. The van der Waals surface area contributed by atoms with Crippen LogP contribution in [-0.4, -0.2) is 101 Å². The lowest BCUT2D eigenvalue weighted by molar-refractivity contribution is -0.127. The van der Waals surface area contributed by atoms with E-state index < -0.39 is 24.8 Å². The fourth-order valence-electron chi connectivity index (χ4n) is 5.67. The zero-order valence-corrected chi connectivity index (χ0v) is 27.5. The van der Waals surface area contributed by atoms with Crippen LogP contribution >= 0.6 is 0 Å². The van der Waals surface area contributed by atoms with Crippen LogP contribution in [0.4, 0.5) is 21.0 Å². The van der Waals surface area contributed by atoms with Crippen LogP contribution in [-0.2, 0) is 4.79 Å². The summed E-state index contributed by atoms with van der Waals surface area (Å²) in [4.78, 5) is 70.0. The van der Waals surface area contributed by atoms with Gasteiger partial charge in [0.2, 0.25) is 0 Å². The van der Waals surface area contributed by atoms with Gasteiger partial charge in [0, 0.05) is 62.1 Å². The SMILES string of the molecule is O=C(NCCCCCCNC(=O)Nc1cccc2c(C(=O)C(=O)N3CCN(C(=O)c4ccccc4)CC3)c[nH]c12)Nc1ccc(B(O)O)cc1. The predicted molar refractivity (Wildman–Crippen MR) is 190 cm³/mol. The van der Waals surface area contributed by atoms with Gasteiger partial charge in [0.15, 0.2) is 0 Å². The summed E-state index contributed by atoms with van der Waals surface area (Å²) in [6.45, 7) is 2.09. The lowest BCUT2D eigenvalue weighted by Crippen LogP contribution is -2.52. The van der Waals surface area contributed by atoms with Gasteiger partial charge in [0.05, 0.1) is 16.8 Å². The van der Waals surface area contributed by atoms with Crippen LogP contribution in [0.25, 0.3) is 10.9 Å². The van der Waals surface area contributed by atoms with Crippen molar-refractivity contribution in [3.8, 4) is 0 Å². The van der Waals surface area contributed by atoms with Crippen LogP contribution in [0, 0.1) is 0 Å². The van der Waals surface area contributed by atoms with Gasteiger partial charge in [-0.05, 0) is 48.6 Å². The van der Waals surface area contributed by atoms with E-state index >= 15 is 0 Å². The van der Waals surface area contributed by atoms with E-state index in [1.807, 2.05) is 6.07 Å². The Morgan fingerprint density at radius 2 is 1.32 bits per heavy atom. The Balaban J connectivity index is 1.00. The number of ketones is 1. The number of carbonyl (C=O) groups excluding carboxylic acids is 5. The number of hydrogen-bond donors (Lipinski definition) is 7. The minimum Gasteiger partial charge on any atom is -0.423 e. The lowest BCUT2D eigenvalue weighted by atomic mass is 9.80. The molecule has 15 heteroatoms. The van der Waals surface area contributed by atoms with Crippen molar-refractivity contribution in [1.82, 2.24) is 25.4 Å². The Labute approximate surface area is 289 Å². The van der Waals surface area contributed by atoms with Gasteiger partial charge in [-0.3, -0.25) is 14.4 Å². The number of nitrogens with zero attached hydrogens (tertiary/aromatic N) is 2. The first kappa shape index (κ1) is 35.6. The van der Waals surface area contributed by atoms with Crippen molar-refractivity contribution in [1.29, 1.82) is 0 Å². The molecule has 1 aliphatic heterocycles. The maximum atomic E-state index is 13.3. The number of Topliss-reactive ketones (excluding diaryl/α,β-unsaturated/α-hetero) is 1. The van der Waals surface area contributed by atoms with Gasteiger partial charge in [0.1, 0.15) is 0 Å². The molecule has 260 valence electrons. The molecule has 7 N–H and O–H groups in total. The maximum Gasteiger partial charge on any atom is 0.488 e. The number of nitrogens with one attached hydrogen (secondary N) is 5. The summed E-state index contributed by atoms with van der Waals surface area (Å²) in [5.74, 6) is -1.41. The van der Waals surface area contributed by atoms with Crippen molar-refractivity contribution in [3.05, 3.63) is 90.1 Å². The zero-order chi connectivity index (χ0) is 35.5. The first-order valence-corrected chi connectivity index (χ1v) is 16.5. The first-order chi connectivity index (χ1) is 24.2. The zero-order valence-electron chi connectivity index (χ0n) is 27.5. The molecule has 4 aromatic rings. The number of urea groups is 2. The van der Waals surface area contributed by atoms with E-state index in [0.717, 1.165) is 25.7 Å². The second kappa shape index (κ2) is 17.1. The number of H-pyrrole nitrogens is 1. The van der Waals surface area contributed by atoms with E-state index in [4.69, 9.17) is 10.0 Å². The largest absolute Gasteiger partial charge is 0.488 e. The Bertz CT molecular complexity index is 1810. The molecule has 0 unspecified atom stereocenters. The summed E-state index contributed by atoms with van der Waals surface area (Å²) in [6, 6.07) is 19.5. The molecule has 0 saturated carbocycles. The fourth-order valence-corrected chi connectivity index (χ4v) is 5.67. The van der Waals surface area contributed by atoms with Crippen molar-refractivity contribution in [3.63, 3.8) is 0 Å². The van der Waals surface area contributed by atoms with Crippen molar-refractivity contribution < 1.29 is 34.0 Å². The Hall–Kier alpha value is -5.67. The monoisotopic (exact) mass is 681 g/mol. The highest BCUT2D eigenvalue weighted by atomic mass is 16.4. The molecule has 14 nitrogen and oxygen atoms in total. The van der Waals surface area contributed by atoms with Crippen LogP contribution in [0.15, 0.2) is 79.0 Å². The summed E-state index contributed by atoms with van der Waals surface area (Å²) in [6.07, 6.45) is 4.68. The summed E-state index contributed by atoms with van der Waals surface area (Å²) in [5.41, 5.74) is 2.65. The Morgan fingerprint density at radius 1 is 0.700 bits per heavy atom. The van der Waals surface area contributed by atoms with E-state index in [-0.39, 0.29) is 30.6 Å². The molecule has 1 aliphatic rings. The van der Waals surface area contributed by atoms with Gasteiger partial charge in [-0.15, -0.1) is 0 Å². The predicted octanol–water partition coefficient (Wildman–Crippen LogP) is 2.52. The summed E-state index contributed by atoms with van der Waals surface area (Å²) in [5, 5.41) is 29.9. The molecule has 0 radical (unpaired) electrons.